The van der Waals surface area contributed by atoms with Gasteiger partial charge in [-0.15, -0.1) is 17.0 Å². The minimum absolute atomic E-state index is 0. The summed E-state index contributed by atoms with van der Waals surface area (Å²) in [4.78, 5) is 17.6. The second kappa shape index (κ2) is 4.84. The number of aromatic nitrogens is 4. The maximum Gasteiger partial charge on any atom is 0.205 e. The zero-order chi connectivity index (χ0) is 11.0. The number of nitrogens with one attached hydrogen (secondary N) is 1. The molecule has 0 spiro atoms. The zero-order valence-corrected chi connectivity index (χ0v) is 10.8. The summed E-state index contributed by atoms with van der Waals surface area (Å²) in [6, 6.07) is 0. The molecule has 0 aromatic carbocycles. The van der Waals surface area contributed by atoms with Crippen LogP contribution in [-0.4, -0.2) is 46.2 Å². The van der Waals surface area contributed by atoms with Gasteiger partial charge in [0.1, 0.15) is 11.8 Å². The van der Waals surface area contributed by atoms with Gasteiger partial charge in [0, 0.05) is 13.1 Å². The van der Waals surface area contributed by atoms with Crippen molar-refractivity contribution in [3.05, 3.63) is 6.33 Å². The van der Waals surface area contributed by atoms with E-state index in [1.165, 1.54) is 6.33 Å². The Bertz CT molecular complexity index is 509. The van der Waals surface area contributed by atoms with Crippen LogP contribution in [0.15, 0.2) is 6.33 Å². The number of nitrogens with zero attached hydrogens (tertiary/aromatic N) is 4. The first-order valence-corrected chi connectivity index (χ1v) is 5.13. The smallest absolute Gasteiger partial charge is 0.205 e. The molecule has 0 radical (unpaired) electrons. The van der Waals surface area contributed by atoms with E-state index in [1.54, 1.807) is 0 Å². The summed E-state index contributed by atoms with van der Waals surface area (Å²) in [7, 11) is 0. The van der Waals surface area contributed by atoms with Crippen LogP contribution in [0.1, 0.15) is 0 Å². The van der Waals surface area contributed by atoms with Gasteiger partial charge in [0.2, 0.25) is 5.95 Å². The summed E-state index contributed by atoms with van der Waals surface area (Å²) in [6.45, 7) is 3.09. The van der Waals surface area contributed by atoms with Gasteiger partial charge < -0.3 is 20.4 Å². The van der Waals surface area contributed by atoms with Gasteiger partial charge in [-0.05, 0) is 0 Å². The molecule has 1 aliphatic heterocycles. The quantitative estimate of drug-likeness (QED) is 0.789. The molecule has 92 valence electrons. The van der Waals surface area contributed by atoms with Crippen molar-refractivity contribution in [2.45, 2.75) is 0 Å². The minimum atomic E-state index is 0. The number of nitrogens with two attached hydrogens (primary N) is 1. The first-order chi connectivity index (χ1) is 7.84. The van der Waals surface area contributed by atoms with Crippen LogP contribution in [0, 0.1) is 0 Å². The number of hydrogen-bond donors (Lipinski definition) is 2. The van der Waals surface area contributed by atoms with Crippen LogP contribution in [0.2, 0.25) is 0 Å². The predicted molar refractivity (Wildman–Crippen MR) is 69.5 cm³/mol. The molecule has 1 saturated heterocycles. The number of fused-ring (bicyclic) bond motifs is 1. The highest BCUT2D eigenvalue weighted by Crippen LogP contribution is 2.19. The molecule has 0 atom stereocenters. The molecule has 0 saturated carbocycles. The molecule has 0 unspecified atom stereocenters. The molecule has 17 heavy (non-hydrogen) atoms. The highest BCUT2D eigenvalue weighted by molar-refractivity contribution is 8.93. The number of H-pyrrole nitrogens is 1. The van der Waals surface area contributed by atoms with Crippen LogP contribution in [-0.2, 0) is 4.74 Å². The number of nitrogen functional groups attached to an aromatic ring is 1. The minimum Gasteiger partial charge on any atom is -0.382 e. The number of aromatic amines is 1. The zero-order valence-electron chi connectivity index (χ0n) is 9.09. The third kappa shape index (κ3) is 2.18. The van der Waals surface area contributed by atoms with E-state index in [-0.39, 0.29) is 17.0 Å². The van der Waals surface area contributed by atoms with Gasteiger partial charge in [-0.25, -0.2) is 9.97 Å². The van der Waals surface area contributed by atoms with Crippen LogP contribution in [0.25, 0.3) is 11.2 Å². The first-order valence-electron chi connectivity index (χ1n) is 5.13. The van der Waals surface area contributed by atoms with Crippen molar-refractivity contribution < 1.29 is 4.74 Å². The first kappa shape index (κ1) is 12.1. The fourth-order valence-electron chi connectivity index (χ4n) is 1.76. The molecule has 7 nitrogen and oxygen atoms in total. The largest absolute Gasteiger partial charge is 0.382 e. The van der Waals surface area contributed by atoms with Gasteiger partial charge in [-0.1, -0.05) is 0 Å². The Labute approximate surface area is 108 Å². The molecule has 2 aromatic heterocycles. The Kier molecular flexibility index (Phi) is 3.43. The number of hydrogen-bond acceptors (Lipinski definition) is 6. The predicted octanol–water partition coefficient (Wildman–Crippen LogP) is 0.350. The second-order valence-corrected chi connectivity index (χ2v) is 3.62. The summed E-state index contributed by atoms with van der Waals surface area (Å²) in [5.74, 6) is 1.21. The number of anilines is 2. The molecule has 1 fully saturated rings. The van der Waals surface area contributed by atoms with Crippen molar-refractivity contribution in [2.24, 2.45) is 0 Å². The van der Waals surface area contributed by atoms with Crippen molar-refractivity contribution >= 4 is 39.9 Å². The van der Waals surface area contributed by atoms with Crippen LogP contribution in [0.5, 0.6) is 0 Å². The maximum absolute atomic E-state index is 5.73. The van der Waals surface area contributed by atoms with Gasteiger partial charge in [-0.3, -0.25) is 0 Å². The standard InChI is InChI=1S/C9H12N6O.BrH/c10-7-6-8(12-5-11-7)14-9(13-6)15-1-3-16-4-2-15;/h5H,1-4H2,(H3,10,11,12,13,14);1H. The Hall–Kier alpha value is -1.41. The Balaban J connectivity index is 0.00000108. The van der Waals surface area contributed by atoms with E-state index in [4.69, 9.17) is 10.5 Å². The third-order valence-corrected chi connectivity index (χ3v) is 2.62. The van der Waals surface area contributed by atoms with Gasteiger partial charge >= 0.3 is 0 Å². The summed E-state index contributed by atoms with van der Waals surface area (Å²) in [6.07, 6.45) is 1.42. The number of halogens is 1. The lowest BCUT2D eigenvalue weighted by Gasteiger charge is -2.25. The van der Waals surface area contributed by atoms with Crippen molar-refractivity contribution in [1.82, 2.24) is 19.9 Å². The molecule has 0 bridgehead atoms. The molecule has 3 rings (SSSR count). The highest BCUT2D eigenvalue weighted by atomic mass is 79.9. The Morgan fingerprint density at radius 3 is 2.76 bits per heavy atom. The number of rotatable bonds is 1. The lowest BCUT2D eigenvalue weighted by Crippen LogP contribution is -2.36. The van der Waals surface area contributed by atoms with Crippen molar-refractivity contribution in [3.63, 3.8) is 0 Å². The van der Waals surface area contributed by atoms with E-state index < -0.39 is 0 Å². The van der Waals surface area contributed by atoms with Gasteiger partial charge in [0.15, 0.2) is 11.5 Å². The summed E-state index contributed by atoms with van der Waals surface area (Å²) in [5.41, 5.74) is 7.04. The van der Waals surface area contributed by atoms with Crippen molar-refractivity contribution in [3.8, 4) is 0 Å². The van der Waals surface area contributed by atoms with Gasteiger partial charge in [-0.2, -0.15) is 4.98 Å². The van der Waals surface area contributed by atoms with Crippen LogP contribution >= 0.6 is 17.0 Å². The summed E-state index contributed by atoms with van der Waals surface area (Å²) >= 11 is 0. The fourth-order valence-corrected chi connectivity index (χ4v) is 1.76. The number of ether oxygens (including phenoxy) is 1. The van der Waals surface area contributed by atoms with E-state index in [1.807, 2.05) is 0 Å². The van der Waals surface area contributed by atoms with Crippen molar-refractivity contribution in [2.75, 3.05) is 36.9 Å². The van der Waals surface area contributed by atoms with Crippen LogP contribution in [0.3, 0.4) is 0 Å². The molecular weight excluding hydrogens is 288 g/mol. The molecule has 3 N–H and O–H groups in total. The van der Waals surface area contributed by atoms with Gasteiger partial charge in [0.05, 0.1) is 13.2 Å². The number of imidazole rings is 1. The summed E-state index contributed by atoms with van der Waals surface area (Å²) in [5, 5.41) is 0. The Morgan fingerprint density at radius 1 is 1.29 bits per heavy atom. The van der Waals surface area contributed by atoms with Crippen LogP contribution < -0.4 is 10.6 Å². The molecule has 3 heterocycles. The third-order valence-electron chi connectivity index (χ3n) is 2.62. The van der Waals surface area contributed by atoms with E-state index in [9.17, 15) is 0 Å². The lowest BCUT2D eigenvalue weighted by atomic mass is 10.4. The normalized spacial score (nSPS) is 15.9. The summed E-state index contributed by atoms with van der Waals surface area (Å²) < 4.78 is 5.28. The Morgan fingerprint density at radius 2 is 2.06 bits per heavy atom. The SMILES string of the molecule is Br.Nc1ncnc2nc(N3CCOCC3)[nH]c12. The lowest BCUT2D eigenvalue weighted by molar-refractivity contribution is 0.122. The highest BCUT2D eigenvalue weighted by Gasteiger charge is 2.16. The molecule has 8 heteroatoms. The fraction of sp³-hybridized carbons (Fsp3) is 0.444. The van der Waals surface area contributed by atoms with E-state index in [0.717, 1.165) is 32.3 Å². The van der Waals surface area contributed by atoms with Gasteiger partial charge in [0.25, 0.3) is 0 Å². The maximum atomic E-state index is 5.73. The molecule has 1 aliphatic rings. The number of morpholine rings is 1. The molecule has 0 amide bonds. The topological polar surface area (TPSA) is 92.9 Å². The molecule has 2 aromatic rings. The van der Waals surface area contributed by atoms with E-state index >= 15 is 0 Å². The molecule has 0 aliphatic carbocycles. The van der Waals surface area contributed by atoms with E-state index in [2.05, 4.69) is 24.8 Å². The monoisotopic (exact) mass is 300 g/mol. The van der Waals surface area contributed by atoms with Crippen molar-refractivity contribution in [1.29, 1.82) is 0 Å². The molecular formula is C9H13BrN6O. The van der Waals surface area contributed by atoms with E-state index in [0.29, 0.717) is 17.0 Å². The average molecular weight is 301 g/mol. The average Bonchev–Trinajstić information content (AvgIpc) is 2.76. The van der Waals surface area contributed by atoms with Crippen LogP contribution in [0.4, 0.5) is 11.8 Å². The second-order valence-electron chi connectivity index (χ2n) is 3.62.